The van der Waals surface area contributed by atoms with Crippen molar-refractivity contribution >= 4 is 0 Å². The zero-order valence-corrected chi connectivity index (χ0v) is 12.3. The van der Waals surface area contributed by atoms with Crippen LogP contribution in [0.25, 0.3) is 0 Å². The Balaban J connectivity index is 2.16. The van der Waals surface area contributed by atoms with Gasteiger partial charge in [-0.3, -0.25) is 0 Å². The zero-order chi connectivity index (χ0) is 13.2. The average molecular weight is 251 g/mol. The van der Waals surface area contributed by atoms with Crippen LogP contribution in [0.5, 0.6) is 0 Å². The predicted octanol–water partition coefficient (Wildman–Crippen LogP) is 3.30. The lowest BCUT2D eigenvalue weighted by molar-refractivity contribution is 0.468. The highest BCUT2D eigenvalue weighted by molar-refractivity contribution is 4.94. The molecule has 0 amide bonds. The first kappa shape index (κ1) is 15.2. The minimum atomic E-state index is 0.567. The van der Waals surface area contributed by atoms with Gasteiger partial charge in [0, 0.05) is 31.9 Å². The van der Waals surface area contributed by atoms with E-state index in [4.69, 9.17) is 0 Å². The Bertz CT molecular complexity index is 306. The van der Waals surface area contributed by atoms with E-state index in [1.807, 2.05) is 12.4 Å². The molecule has 3 nitrogen and oxygen atoms in total. The van der Waals surface area contributed by atoms with E-state index >= 15 is 0 Å². The van der Waals surface area contributed by atoms with Crippen LogP contribution in [0.15, 0.2) is 12.4 Å². The summed E-state index contributed by atoms with van der Waals surface area (Å²) in [5, 5.41) is 3.42. The van der Waals surface area contributed by atoms with Gasteiger partial charge in [0.15, 0.2) is 0 Å². The third kappa shape index (κ3) is 5.67. The molecule has 1 N–H and O–H groups in total. The predicted molar refractivity (Wildman–Crippen MR) is 77.8 cm³/mol. The molecule has 0 saturated carbocycles. The van der Waals surface area contributed by atoms with Gasteiger partial charge in [0.2, 0.25) is 0 Å². The first-order valence-corrected chi connectivity index (χ1v) is 7.41. The molecule has 0 aliphatic rings. The molecule has 1 unspecified atom stereocenters. The molecule has 104 valence electrons. The van der Waals surface area contributed by atoms with Gasteiger partial charge in [0.25, 0.3) is 0 Å². The van der Waals surface area contributed by atoms with Crippen LogP contribution < -0.4 is 5.32 Å². The number of unbranched alkanes of at least 4 members (excludes halogenated alkanes) is 5. The van der Waals surface area contributed by atoms with E-state index in [0.717, 1.165) is 6.42 Å². The summed E-state index contributed by atoms with van der Waals surface area (Å²) in [5.74, 6) is 1.18. The minimum absolute atomic E-state index is 0.567. The first-order valence-electron chi connectivity index (χ1n) is 7.41. The van der Waals surface area contributed by atoms with Crippen LogP contribution in [0, 0.1) is 0 Å². The fourth-order valence-electron chi connectivity index (χ4n) is 2.33. The van der Waals surface area contributed by atoms with Crippen LogP contribution in [-0.2, 0) is 13.5 Å². The van der Waals surface area contributed by atoms with Crippen molar-refractivity contribution in [1.29, 1.82) is 0 Å². The molecule has 1 rings (SSSR count). The molecule has 0 aliphatic carbocycles. The number of aromatic nitrogens is 2. The van der Waals surface area contributed by atoms with Crippen LogP contribution in [-0.4, -0.2) is 22.6 Å². The number of hydrogen-bond acceptors (Lipinski definition) is 2. The molecule has 0 radical (unpaired) electrons. The van der Waals surface area contributed by atoms with Gasteiger partial charge in [-0.1, -0.05) is 45.4 Å². The molecule has 0 saturated heterocycles. The van der Waals surface area contributed by atoms with Crippen molar-refractivity contribution in [2.24, 2.45) is 7.05 Å². The molecular formula is C15H29N3. The maximum absolute atomic E-state index is 4.40. The summed E-state index contributed by atoms with van der Waals surface area (Å²) in [5.41, 5.74) is 0. The van der Waals surface area contributed by atoms with Crippen molar-refractivity contribution in [3.05, 3.63) is 18.2 Å². The number of aryl methyl sites for hydroxylation is 1. The van der Waals surface area contributed by atoms with Gasteiger partial charge in [-0.15, -0.1) is 0 Å². The van der Waals surface area contributed by atoms with Crippen LogP contribution in [0.1, 0.15) is 57.7 Å². The molecule has 1 aromatic heterocycles. The Kier molecular flexibility index (Phi) is 7.74. The third-order valence-corrected chi connectivity index (χ3v) is 3.66. The van der Waals surface area contributed by atoms with Crippen LogP contribution in [0.4, 0.5) is 0 Å². The molecule has 0 aliphatic heterocycles. The lowest BCUT2D eigenvalue weighted by Gasteiger charge is -2.15. The molecule has 1 heterocycles. The number of hydrogen-bond donors (Lipinski definition) is 1. The second kappa shape index (κ2) is 9.15. The summed E-state index contributed by atoms with van der Waals surface area (Å²) in [4.78, 5) is 4.40. The standard InChI is InChI=1S/C15H29N3/c1-4-5-6-7-8-9-10-14(16-2)13-15-17-11-12-18(15)3/h11-12,14,16H,4-10,13H2,1-3H3. The van der Waals surface area contributed by atoms with Gasteiger partial charge >= 0.3 is 0 Å². The average Bonchev–Trinajstić information content (AvgIpc) is 2.77. The highest BCUT2D eigenvalue weighted by Gasteiger charge is 2.09. The number of nitrogens with one attached hydrogen (secondary N) is 1. The zero-order valence-electron chi connectivity index (χ0n) is 12.3. The summed E-state index contributed by atoms with van der Waals surface area (Å²) >= 11 is 0. The smallest absolute Gasteiger partial charge is 0.109 e. The van der Waals surface area contributed by atoms with Gasteiger partial charge in [0.1, 0.15) is 5.82 Å². The number of likely N-dealkylation sites (N-methyl/N-ethyl adjacent to an activating group) is 1. The summed E-state index contributed by atoms with van der Waals surface area (Å²) < 4.78 is 2.12. The second-order valence-electron chi connectivity index (χ2n) is 5.20. The molecule has 0 spiro atoms. The molecule has 1 atom stereocenters. The Hall–Kier alpha value is -0.830. The third-order valence-electron chi connectivity index (χ3n) is 3.66. The van der Waals surface area contributed by atoms with Crippen molar-refractivity contribution in [1.82, 2.24) is 14.9 Å². The molecule has 3 heteroatoms. The van der Waals surface area contributed by atoms with Gasteiger partial charge in [-0.25, -0.2) is 4.98 Å². The molecule has 0 aromatic carbocycles. The van der Waals surface area contributed by atoms with Gasteiger partial charge in [-0.2, -0.15) is 0 Å². The Morgan fingerprint density at radius 3 is 2.56 bits per heavy atom. The van der Waals surface area contributed by atoms with Gasteiger partial charge in [0.05, 0.1) is 0 Å². The maximum Gasteiger partial charge on any atom is 0.109 e. The van der Waals surface area contributed by atoms with E-state index in [9.17, 15) is 0 Å². The summed E-state index contributed by atoms with van der Waals surface area (Å²) in [6, 6.07) is 0.567. The Morgan fingerprint density at radius 2 is 1.94 bits per heavy atom. The highest BCUT2D eigenvalue weighted by atomic mass is 15.0. The fourth-order valence-corrected chi connectivity index (χ4v) is 2.33. The van der Waals surface area contributed by atoms with Crippen LogP contribution in [0.2, 0.25) is 0 Å². The molecular weight excluding hydrogens is 222 g/mol. The quantitative estimate of drug-likeness (QED) is 0.647. The minimum Gasteiger partial charge on any atom is -0.338 e. The summed E-state index contributed by atoms with van der Waals surface area (Å²) in [6.45, 7) is 2.27. The van der Waals surface area contributed by atoms with E-state index in [0.29, 0.717) is 6.04 Å². The van der Waals surface area contributed by atoms with Crippen molar-refractivity contribution < 1.29 is 0 Å². The lowest BCUT2D eigenvalue weighted by atomic mass is 10.0. The molecule has 18 heavy (non-hydrogen) atoms. The van der Waals surface area contributed by atoms with Crippen molar-refractivity contribution in [3.8, 4) is 0 Å². The lowest BCUT2D eigenvalue weighted by Crippen LogP contribution is -2.28. The van der Waals surface area contributed by atoms with E-state index in [1.54, 1.807) is 0 Å². The molecule has 0 fully saturated rings. The number of nitrogens with zero attached hydrogens (tertiary/aromatic N) is 2. The van der Waals surface area contributed by atoms with Crippen molar-refractivity contribution in [2.45, 2.75) is 64.3 Å². The van der Waals surface area contributed by atoms with E-state index in [-0.39, 0.29) is 0 Å². The fraction of sp³-hybridized carbons (Fsp3) is 0.800. The number of rotatable bonds is 10. The van der Waals surface area contributed by atoms with E-state index in [2.05, 4.69) is 35.9 Å². The SMILES string of the molecule is CCCCCCCCC(Cc1nccn1C)NC. The first-order chi connectivity index (χ1) is 8.77. The monoisotopic (exact) mass is 251 g/mol. The van der Waals surface area contributed by atoms with Gasteiger partial charge < -0.3 is 9.88 Å². The summed E-state index contributed by atoms with van der Waals surface area (Å²) in [7, 11) is 4.13. The number of imidazole rings is 1. The molecule has 1 aromatic rings. The Labute approximate surface area is 112 Å². The van der Waals surface area contributed by atoms with Crippen molar-refractivity contribution in [3.63, 3.8) is 0 Å². The van der Waals surface area contributed by atoms with E-state index < -0.39 is 0 Å². The Morgan fingerprint density at radius 1 is 1.22 bits per heavy atom. The largest absolute Gasteiger partial charge is 0.338 e. The maximum atomic E-state index is 4.40. The second-order valence-corrected chi connectivity index (χ2v) is 5.20. The van der Waals surface area contributed by atoms with E-state index in [1.165, 1.54) is 50.8 Å². The van der Waals surface area contributed by atoms with Crippen LogP contribution >= 0.6 is 0 Å². The summed E-state index contributed by atoms with van der Waals surface area (Å²) in [6.07, 6.45) is 14.4. The topological polar surface area (TPSA) is 29.9 Å². The highest BCUT2D eigenvalue weighted by Crippen LogP contribution is 2.11. The van der Waals surface area contributed by atoms with Crippen LogP contribution in [0.3, 0.4) is 0 Å². The molecule has 0 bridgehead atoms. The van der Waals surface area contributed by atoms with Crippen molar-refractivity contribution in [2.75, 3.05) is 7.05 Å². The normalized spacial score (nSPS) is 12.8. The van der Waals surface area contributed by atoms with Gasteiger partial charge in [-0.05, 0) is 13.5 Å².